The molecular formula is C33H41ClN2O5S. The smallest absolute Gasteiger partial charge is 0.264 e. The van der Waals surface area contributed by atoms with Gasteiger partial charge in [0.25, 0.3) is 5.91 Å². The summed E-state index contributed by atoms with van der Waals surface area (Å²) in [5.74, 6) is 0.00211. The lowest BCUT2D eigenvalue weighted by molar-refractivity contribution is -0.0695. The molecule has 0 saturated heterocycles. The highest BCUT2D eigenvalue weighted by Gasteiger charge is 2.49. The molecule has 1 unspecified atom stereocenters. The van der Waals surface area contributed by atoms with Gasteiger partial charge in [0.15, 0.2) is 0 Å². The molecular weight excluding hydrogens is 572 g/mol. The standard InChI is InChI=1S/C33H41ClN2O5S/c1-4-6-17-42(39,40)35-31(38)24-10-13-29-28(19-24)36(20-25-14-16-32(25,3)30(37)8-5-2)21-33(22-41-29)15-7-9-23-18-26(34)11-12-27(23)33/h4-5,10-13,18-19,25,30,37H,1-2,6-9,14-17,20-22H2,3H3,(H,35,38)/t25-,30+,32+,33?/m0/s1. The van der Waals surface area contributed by atoms with Gasteiger partial charge in [0, 0.05) is 29.1 Å². The summed E-state index contributed by atoms with van der Waals surface area (Å²) in [6.45, 7) is 11.4. The number of carbonyl (C=O) groups is 1. The maximum Gasteiger partial charge on any atom is 0.264 e. The van der Waals surface area contributed by atoms with Gasteiger partial charge < -0.3 is 14.7 Å². The van der Waals surface area contributed by atoms with Crippen LogP contribution in [-0.2, 0) is 21.9 Å². The second-order valence-corrected chi connectivity index (χ2v) is 14.7. The van der Waals surface area contributed by atoms with Gasteiger partial charge in [-0.1, -0.05) is 36.7 Å². The zero-order chi connectivity index (χ0) is 30.1. The van der Waals surface area contributed by atoms with E-state index in [4.69, 9.17) is 16.3 Å². The van der Waals surface area contributed by atoms with Crippen LogP contribution in [0.1, 0.15) is 66.9 Å². The Morgan fingerprint density at radius 3 is 2.76 bits per heavy atom. The SMILES string of the molecule is C=CCCS(=O)(=O)NC(=O)c1ccc2c(c1)N(C[C@@H]1CC[C@@]1(C)[C@H](O)CC=C)CC1(CCCc3cc(Cl)ccc31)CO2. The molecule has 2 aliphatic carbocycles. The fourth-order valence-electron chi connectivity index (χ4n) is 6.98. The molecule has 42 heavy (non-hydrogen) atoms. The van der Waals surface area contributed by atoms with E-state index in [0.29, 0.717) is 31.9 Å². The molecule has 1 aliphatic heterocycles. The number of benzene rings is 2. The highest BCUT2D eigenvalue weighted by Crippen LogP contribution is 2.52. The van der Waals surface area contributed by atoms with Crippen molar-refractivity contribution in [2.45, 2.75) is 63.4 Å². The zero-order valence-electron chi connectivity index (χ0n) is 24.3. The third-order valence-corrected chi connectivity index (χ3v) is 11.2. The Labute approximate surface area is 254 Å². The van der Waals surface area contributed by atoms with Crippen molar-refractivity contribution < 1.29 is 23.1 Å². The number of allylic oxidation sites excluding steroid dienone is 1. The molecule has 2 aromatic rings. The quantitative estimate of drug-likeness (QED) is 0.329. The van der Waals surface area contributed by atoms with E-state index in [9.17, 15) is 18.3 Å². The van der Waals surface area contributed by atoms with Gasteiger partial charge in [0.05, 0.1) is 24.2 Å². The van der Waals surface area contributed by atoms with Crippen LogP contribution in [0.3, 0.4) is 0 Å². The molecule has 4 atom stereocenters. The van der Waals surface area contributed by atoms with Crippen molar-refractivity contribution >= 4 is 33.2 Å². The summed E-state index contributed by atoms with van der Waals surface area (Å²) in [4.78, 5) is 15.4. The summed E-state index contributed by atoms with van der Waals surface area (Å²) in [5, 5.41) is 11.7. The lowest BCUT2D eigenvalue weighted by Gasteiger charge is -2.52. The first-order valence-corrected chi connectivity index (χ1v) is 16.8. The summed E-state index contributed by atoms with van der Waals surface area (Å²) in [6.07, 6.45) is 8.42. The molecule has 7 nitrogen and oxygen atoms in total. The average Bonchev–Trinajstić information content (AvgIpc) is 3.10. The van der Waals surface area contributed by atoms with E-state index in [1.54, 1.807) is 24.3 Å². The van der Waals surface area contributed by atoms with Gasteiger partial charge in [-0.3, -0.25) is 4.79 Å². The summed E-state index contributed by atoms with van der Waals surface area (Å²) in [7, 11) is -3.80. The molecule has 2 N–H and O–H groups in total. The summed E-state index contributed by atoms with van der Waals surface area (Å²) in [5.41, 5.74) is 2.96. The van der Waals surface area contributed by atoms with Crippen molar-refractivity contribution in [1.29, 1.82) is 0 Å². The van der Waals surface area contributed by atoms with Crippen molar-refractivity contribution in [3.05, 3.63) is 83.4 Å². The van der Waals surface area contributed by atoms with Gasteiger partial charge in [-0.15, -0.1) is 13.2 Å². The molecule has 5 rings (SSSR count). The van der Waals surface area contributed by atoms with Crippen molar-refractivity contribution in [3.8, 4) is 5.75 Å². The minimum Gasteiger partial charge on any atom is -0.490 e. The monoisotopic (exact) mass is 612 g/mol. The number of nitrogens with one attached hydrogen (secondary N) is 1. The van der Waals surface area contributed by atoms with Gasteiger partial charge in [-0.2, -0.15) is 0 Å². The number of carbonyl (C=O) groups excluding carboxylic acids is 1. The lowest BCUT2D eigenvalue weighted by atomic mass is 9.57. The lowest BCUT2D eigenvalue weighted by Crippen LogP contribution is -2.53. The van der Waals surface area contributed by atoms with Gasteiger partial charge in [-0.25, -0.2) is 13.1 Å². The van der Waals surface area contributed by atoms with Gasteiger partial charge in [0.1, 0.15) is 5.75 Å². The first-order chi connectivity index (χ1) is 20.0. The molecule has 1 spiro atoms. The van der Waals surface area contributed by atoms with Crippen molar-refractivity contribution in [2.75, 3.05) is 30.3 Å². The van der Waals surface area contributed by atoms with E-state index in [-0.39, 0.29) is 34.5 Å². The van der Waals surface area contributed by atoms with E-state index in [2.05, 4.69) is 41.8 Å². The maximum atomic E-state index is 13.1. The van der Waals surface area contributed by atoms with Crippen LogP contribution in [0.2, 0.25) is 5.02 Å². The number of nitrogens with zero attached hydrogens (tertiary/aromatic N) is 1. The number of ether oxygens (including phenoxy) is 1. The molecule has 1 fully saturated rings. The fraction of sp³-hybridized carbons (Fsp3) is 0.485. The number of sulfonamides is 1. The highest BCUT2D eigenvalue weighted by molar-refractivity contribution is 7.90. The number of hydrogen-bond acceptors (Lipinski definition) is 6. The van der Waals surface area contributed by atoms with Crippen LogP contribution in [0, 0.1) is 11.3 Å². The predicted molar refractivity (Wildman–Crippen MR) is 168 cm³/mol. The molecule has 0 aromatic heterocycles. The second-order valence-electron chi connectivity index (χ2n) is 12.4. The number of anilines is 1. The van der Waals surface area contributed by atoms with Gasteiger partial charge in [0.2, 0.25) is 10.0 Å². The topological polar surface area (TPSA) is 95.9 Å². The number of rotatable bonds is 10. The van der Waals surface area contributed by atoms with E-state index in [1.807, 2.05) is 6.07 Å². The van der Waals surface area contributed by atoms with Crippen molar-refractivity contribution in [1.82, 2.24) is 4.72 Å². The Bertz CT molecular complexity index is 1480. The first-order valence-electron chi connectivity index (χ1n) is 14.8. The molecule has 0 radical (unpaired) electrons. The van der Waals surface area contributed by atoms with Crippen LogP contribution < -0.4 is 14.4 Å². The average molecular weight is 613 g/mol. The minimum atomic E-state index is -3.80. The van der Waals surface area contributed by atoms with Gasteiger partial charge in [-0.05, 0) is 97.7 Å². The van der Waals surface area contributed by atoms with Crippen LogP contribution in [0.4, 0.5) is 5.69 Å². The third kappa shape index (κ3) is 5.99. The number of aryl methyl sites for hydroxylation is 1. The number of aliphatic hydroxyl groups excluding tert-OH is 1. The molecule has 1 saturated carbocycles. The van der Waals surface area contributed by atoms with Crippen LogP contribution in [0.15, 0.2) is 61.7 Å². The Kier molecular flexibility index (Phi) is 8.80. The van der Waals surface area contributed by atoms with E-state index < -0.39 is 22.0 Å². The van der Waals surface area contributed by atoms with Crippen LogP contribution in [0.25, 0.3) is 0 Å². The Morgan fingerprint density at radius 2 is 2.05 bits per heavy atom. The zero-order valence-corrected chi connectivity index (χ0v) is 25.9. The number of halogens is 1. The summed E-state index contributed by atoms with van der Waals surface area (Å²) in [6, 6.07) is 11.3. The van der Waals surface area contributed by atoms with Crippen LogP contribution in [-0.4, -0.2) is 51.0 Å². The molecule has 226 valence electrons. The highest BCUT2D eigenvalue weighted by atomic mass is 35.5. The largest absolute Gasteiger partial charge is 0.490 e. The van der Waals surface area contributed by atoms with Crippen molar-refractivity contribution in [2.24, 2.45) is 11.3 Å². The number of amides is 1. The third-order valence-electron chi connectivity index (χ3n) is 9.69. The Hall–Kier alpha value is -2.81. The first kappa shape index (κ1) is 30.6. The van der Waals surface area contributed by atoms with E-state index in [1.165, 1.54) is 17.2 Å². The molecule has 3 aliphatic rings. The minimum absolute atomic E-state index is 0.207. The molecule has 1 heterocycles. The second kappa shape index (κ2) is 12.1. The summed E-state index contributed by atoms with van der Waals surface area (Å²) >= 11 is 6.38. The molecule has 2 aromatic carbocycles. The molecule has 0 bridgehead atoms. The number of hydrogen-bond donors (Lipinski definition) is 2. The van der Waals surface area contributed by atoms with Gasteiger partial charge >= 0.3 is 0 Å². The van der Waals surface area contributed by atoms with Crippen LogP contribution >= 0.6 is 11.6 Å². The Balaban J connectivity index is 1.52. The Morgan fingerprint density at radius 1 is 1.24 bits per heavy atom. The molecule has 1 amide bonds. The molecule has 9 heteroatoms. The van der Waals surface area contributed by atoms with Crippen molar-refractivity contribution in [3.63, 3.8) is 0 Å². The number of aliphatic hydroxyl groups is 1. The summed E-state index contributed by atoms with van der Waals surface area (Å²) < 4.78 is 33.6. The predicted octanol–water partition coefficient (Wildman–Crippen LogP) is 5.80. The van der Waals surface area contributed by atoms with E-state index >= 15 is 0 Å². The van der Waals surface area contributed by atoms with Crippen LogP contribution in [0.5, 0.6) is 5.75 Å². The fourth-order valence-corrected chi connectivity index (χ4v) is 8.15. The number of fused-ring (bicyclic) bond motifs is 3. The van der Waals surface area contributed by atoms with E-state index in [0.717, 1.165) is 42.8 Å². The normalized spacial score (nSPS) is 25.7. The maximum absolute atomic E-state index is 13.1.